The summed E-state index contributed by atoms with van der Waals surface area (Å²) in [5.41, 5.74) is 1.97. The minimum atomic E-state index is 0.547. The molecule has 0 unspecified atom stereocenters. The maximum absolute atomic E-state index is 8.64. The van der Waals surface area contributed by atoms with E-state index in [1.54, 1.807) is 0 Å². The molecule has 0 aromatic heterocycles. The van der Waals surface area contributed by atoms with Crippen molar-refractivity contribution in [2.75, 3.05) is 7.05 Å². The van der Waals surface area contributed by atoms with Crippen LogP contribution in [0.5, 0.6) is 0 Å². The Bertz CT molecular complexity index is 320. The van der Waals surface area contributed by atoms with E-state index >= 15 is 0 Å². The molecule has 0 saturated carbocycles. The quantitative estimate of drug-likeness (QED) is 0.777. The molecule has 0 radical (unpaired) electrons. The molecule has 0 bridgehead atoms. The van der Waals surface area contributed by atoms with E-state index in [-0.39, 0.29) is 0 Å². The molecule has 1 aromatic carbocycles. The number of hydrogen-bond acceptors (Lipinski definition) is 2. The van der Waals surface area contributed by atoms with Gasteiger partial charge >= 0.3 is 0 Å². The van der Waals surface area contributed by atoms with Gasteiger partial charge in [0.1, 0.15) is 0 Å². The van der Waals surface area contributed by atoms with Gasteiger partial charge in [-0.15, -0.1) is 0 Å². The van der Waals surface area contributed by atoms with Gasteiger partial charge in [-0.2, -0.15) is 5.26 Å². The third-order valence-corrected chi connectivity index (χ3v) is 2.40. The number of nitrogens with zero attached hydrogens (tertiary/aromatic N) is 2. The minimum absolute atomic E-state index is 0.547. The highest BCUT2D eigenvalue weighted by atomic mass is 15.1. The Kier molecular flexibility index (Phi) is 7.24. The van der Waals surface area contributed by atoms with E-state index in [1.165, 1.54) is 5.56 Å². The van der Waals surface area contributed by atoms with Crippen molar-refractivity contribution in [3.63, 3.8) is 0 Å². The highest BCUT2D eigenvalue weighted by Gasteiger charge is 2.03. The van der Waals surface area contributed by atoms with Crippen molar-refractivity contribution in [1.82, 2.24) is 4.90 Å². The van der Waals surface area contributed by atoms with E-state index in [2.05, 4.69) is 31.9 Å². The van der Waals surface area contributed by atoms with Crippen LogP contribution in [0.3, 0.4) is 0 Å². The summed E-state index contributed by atoms with van der Waals surface area (Å²) < 4.78 is 0. The smallest absolute Gasteiger partial charge is 0.0991 e. The molecule has 88 valence electrons. The van der Waals surface area contributed by atoms with Crippen molar-refractivity contribution in [2.45, 2.75) is 40.3 Å². The monoisotopic (exact) mass is 218 g/mol. The van der Waals surface area contributed by atoms with Crippen molar-refractivity contribution < 1.29 is 0 Å². The zero-order valence-electron chi connectivity index (χ0n) is 11.0. The molecule has 0 spiro atoms. The molecule has 0 N–H and O–H groups in total. The van der Waals surface area contributed by atoms with Gasteiger partial charge in [0.05, 0.1) is 11.6 Å². The lowest BCUT2D eigenvalue weighted by Crippen LogP contribution is -2.25. The Labute approximate surface area is 99.5 Å². The number of nitriles is 1. The standard InChI is InChI=1S/C12H16N2.C2H6/c1-10(2)14(3)9-12-6-4-11(8-13)5-7-12;1-2/h4-7,10H,9H2,1-3H3;1-2H3. The maximum Gasteiger partial charge on any atom is 0.0991 e. The van der Waals surface area contributed by atoms with E-state index in [0.717, 1.165) is 12.1 Å². The summed E-state index contributed by atoms with van der Waals surface area (Å²) in [4.78, 5) is 2.27. The summed E-state index contributed by atoms with van der Waals surface area (Å²) in [5.74, 6) is 0. The summed E-state index contributed by atoms with van der Waals surface area (Å²) in [6.45, 7) is 9.27. The van der Waals surface area contributed by atoms with E-state index in [4.69, 9.17) is 5.26 Å². The van der Waals surface area contributed by atoms with Crippen LogP contribution in [-0.4, -0.2) is 18.0 Å². The van der Waals surface area contributed by atoms with Gasteiger partial charge in [0.25, 0.3) is 0 Å². The lowest BCUT2D eigenvalue weighted by Gasteiger charge is -2.20. The van der Waals surface area contributed by atoms with Gasteiger partial charge in [0, 0.05) is 12.6 Å². The highest BCUT2D eigenvalue weighted by molar-refractivity contribution is 5.31. The first-order valence-electron chi connectivity index (χ1n) is 5.82. The second-order valence-electron chi connectivity index (χ2n) is 3.82. The molecule has 0 aliphatic rings. The summed E-state index contributed by atoms with van der Waals surface area (Å²) in [7, 11) is 2.10. The van der Waals surface area contributed by atoms with Crippen LogP contribution in [0.4, 0.5) is 0 Å². The molecule has 2 heteroatoms. The van der Waals surface area contributed by atoms with E-state index in [0.29, 0.717) is 6.04 Å². The third-order valence-electron chi connectivity index (χ3n) is 2.40. The Balaban J connectivity index is 0.00000106. The van der Waals surface area contributed by atoms with Gasteiger partial charge in [-0.1, -0.05) is 26.0 Å². The first kappa shape index (κ1) is 14.7. The van der Waals surface area contributed by atoms with E-state index < -0.39 is 0 Å². The van der Waals surface area contributed by atoms with Crippen molar-refractivity contribution in [2.24, 2.45) is 0 Å². The molecule has 1 aromatic rings. The number of rotatable bonds is 3. The van der Waals surface area contributed by atoms with Crippen LogP contribution < -0.4 is 0 Å². The second kappa shape index (κ2) is 7.90. The van der Waals surface area contributed by atoms with Crippen molar-refractivity contribution in [1.29, 1.82) is 5.26 Å². The zero-order valence-corrected chi connectivity index (χ0v) is 11.0. The second-order valence-corrected chi connectivity index (χ2v) is 3.82. The Morgan fingerprint density at radius 1 is 1.19 bits per heavy atom. The fourth-order valence-corrected chi connectivity index (χ4v) is 1.16. The van der Waals surface area contributed by atoms with Gasteiger partial charge < -0.3 is 0 Å². The Hall–Kier alpha value is -1.33. The van der Waals surface area contributed by atoms with E-state index in [9.17, 15) is 0 Å². The largest absolute Gasteiger partial charge is 0.300 e. The van der Waals surface area contributed by atoms with Gasteiger partial charge in [-0.25, -0.2) is 0 Å². The first-order valence-corrected chi connectivity index (χ1v) is 5.82. The molecule has 16 heavy (non-hydrogen) atoms. The van der Waals surface area contributed by atoms with Crippen LogP contribution in [0, 0.1) is 11.3 Å². The summed E-state index contributed by atoms with van der Waals surface area (Å²) >= 11 is 0. The molecular formula is C14H22N2. The van der Waals surface area contributed by atoms with E-state index in [1.807, 2.05) is 38.1 Å². The number of benzene rings is 1. The SMILES string of the molecule is CC.CC(C)N(C)Cc1ccc(C#N)cc1. The predicted molar refractivity (Wildman–Crippen MR) is 69.1 cm³/mol. The average Bonchev–Trinajstić information content (AvgIpc) is 2.32. The van der Waals surface area contributed by atoms with Crippen LogP contribution in [0.25, 0.3) is 0 Å². The van der Waals surface area contributed by atoms with Crippen molar-refractivity contribution in [3.05, 3.63) is 35.4 Å². The molecule has 1 rings (SSSR count). The molecule has 0 atom stereocenters. The van der Waals surface area contributed by atoms with Crippen LogP contribution in [0.15, 0.2) is 24.3 Å². The molecule has 0 amide bonds. The average molecular weight is 218 g/mol. The zero-order chi connectivity index (χ0) is 12.6. The topological polar surface area (TPSA) is 27.0 Å². The molecule has 0 saturated heterocycles. The van der Waals surface area contributed by atoms with Crippen LogP contribution in [0.2, 0.25) is 0 Å². The van der Waals surface area contributed by atoms with Crippen molar-refractivity contribution in [3.8, 4) is 6.07 Å². The Morgan fingerprint density at radius 2 is 1.69 bits per heavy atom. The fraction of sp³-hybridized carbons (Fsp3) is 0.500. The Morgan fingerprint density at radius 3 is 2.06 bits per heavy atom. The van der Waals surface area contributed by atoms with Gasteiger partial charge in [-0.3, -0.25) is 4.90 Å². The van der Waals surface area contributed by atoms with Crippen LogP contribution in [-0.2, 0) is 6.54 Å². The lowest BCUT2D eigenvalue weighted by atomic mass is 10.1. The normalized spacial score (nSPS) is 9.62. The fourth-order valence-electron chi connectivity index (χ4n) is 1.16. The first-order chi connectivity index (χ1) is 7.63. The lowest BCUT2D eigenvalue weighted by molar-refractivity contribution is 0.266. The van der Waals surface area contributed by atoms with Crippen LogP contribution in [0.1, 0.15) is 38.8 Å². The maximum atomic E-state index is 8.64. The molecular weight excluding hydrogens is 196 g/mol. The molecule has 0 heterocycles. The predicted octanol–water partition coefficient (Wildman–Crippen LogP) is 3.42. The van der Waals surface area contributed by atoms with Gasteiger partial charge in [0.2, 0.25) is 0 Å². The van der Waals surface area contributed by atoms with Crippen LogP contribution >= 0.6 is 0 Å². The van der Waals surface area contributed by atoms with Gasteiger partial charge in [0.15, 0.2) is 0 Å². The molecule has 0 aliphatic heterocycles. The molecule has 2 nitrogen and oxygen atoms in total. The minimum Gasteiger partial charge on any atom is -0.300 e. The summed E-state index contributed by atoms with van der Waals surface area (Å²) in [6.07, 6.45) is 0. The third kappa shape index (κ3) is 4.95. The summed E-state index contributed by atoms with van der Waals surface area (Å²) in [5, 5.41) is 8.64. The van der Waals surface area contributed by atoms with Crippen molar-refractivity contribution >= 4 is 0 Å². The number of hydrogen-bond donors (Lipinski definition) is 0. The molecule has 0 aliphatic carbocycles. The van der Waals surface area contributed by atoms with Gasteiger partial charge in [-0.05, 0) is 38.6 Å². The summed E-state index contributed by atoms with van der Waals surface area (Å²) in [6, 6.07) is 10.4. The highest BCUT2D eigenvalue weighted by Crippen LogP contribution is 2.07. The molecule has 0 fully saturated rings.